The highest BCUT2D eigenvalue weighted by atomic mass is 16.4. The van der Waals surface area contributed by atoms with E-state index in [-0.39, 0.29) is 12.2 Å². The molecule has 82 valence electrons. The highest BCUT2D eigenvalue weighted by Gasteiger charge is 2.04. The molecule has 1 heterocycles. The molecule has 0 fully saturated rings. The van der Waals surface area contributed by atoms with Gasteiger partial charge in [0.25, 0.3) is 0 Å². The summed E-state index contributed by atoms with van der Waals surface area (Å²) >= 11 is 0. The average Bonchev–Trinajstić information content (AvgIpc) is 2.27. The van der Waals surface area contributed by atoms with Crippen LogP contribution in [0, 0.1) is 12.3 Å². The van der Waals surface area contributed by atoms with Gasteiger partial charge in [-0.15, -0.1) is 6.42 Å². The van der Waals surface area contributed by atoms with Crippen LogP contribution < -0.4 is 10.6 Å². The molecule has 6 heteroatoms. The molecule has 0 atom stereocenters. The van der Waals surface area contributed by atoms with Crippen LogP contribution in [0.3, 0.4) is 0 Å². The number of pyridine rings is 1. The molecule has 0 bridgehead atoms. The second-order valence-electron chi connectivity index (χ2n) is 2.75. The highest BCUT2D eigenvalue weighted by molar-refractivity contribution is 5.90. The molecule has 0 aliphatic rings. The number of carboxylic acid groups (broad SMARTS) is 1. The molecule has 0 unspecified atom stereocenters. The second-order valence-corrected chi connectivity index (χ2v) is 2.75. The molecule has 0 saturated heterocycles. The van der Waals surface area contributed by atoms with Gasteiger partial charge in [0.1, 0.15) is 5.69 Å². The van der Waals surface area contributed by atoms with Crippen LogP contribution in [0.2, 0.25) is 0 Å². The van der Waals surface area contributed by atoms with Gasteiger partial charge >= 0.3 is 12.0 Å². The molecule has 0 aliphatic carbocycles. The number of urea groups is 1. The van der Waals surface area contributed by atoms with E-state index in [0.29, 0.717) is 5.69 Å². The van der Waals surface area contributed by atoms with Crippen LogP contribution in [0.4, 0.5) is 10.5 Å². The Balaban J connectivity index is 2.59. The third kappa shape index (κ3) is 3.31. The number of hydrogen-bond acceptors (Lipinski definition) is 3. The average molecular weight is 219 g/mol. The first-order chi connectivity index (χ1) is 7.63. The van der Waals surface area contributed by atoms with Crippen molar-refractivity contribution in [2.75, 3.05) is 11.9 Å². The molecule has 0 spiro atoms. The van der Waals surface area contributed by atoms with Gasteiger partial charge in [-0.3, -0.25) is 0 Å². The van der Waals surface area contributed by atoms with E-state index in [1.54, 1.807) is 0 Å². The van der Waals surface area contributed by atoms with Crippen molar-refractivity contribution in [3.8, 4) is 12.3 Å². The van der Waals surface area contributed by atoms with E-state index < -0.39 is 12.0 Å². The van der Waals surface area contributed by atoms with Crippen molar-refractivity contribution in [1.29, 1.82) is 0 Å². The fourth-order valence-electron chi connectivity index (χ4n) is 0.901. The van der Waals surface area contributed by atoms with Gasteiger partial charge in [-0.25, -0.2) is 14.6 Å². The monoisotopic (exact) mass is 219 g/mol. The van der Waals surface area contributed by atoms with Gasteiger partial charge in [-0.2, -0.15) is 0 Å². The number of rotatable bonds is 3. The van der Waals surface area contributed by atoms with Gasteiger partial charge in [-0.05, 0) is 12.1 Å². The van der Waals surface area contributed by atoms with Crippen molar-refractivity contribution in [2.45, 2.75) is 0 Å². The predicted octanol–water partition coefficient (Wildman–Crippen LogP) is 0.534. The Labute approximate surface area is 91.7 Å². The molecule has 1 aromatic rings. The Bertz CT molecular complexity index is 434. The Morgan fingerprint density at radius 2 is 2.25 bits per heavy atom. The fourth-order valence-corrected chi connectivity index (χ4v) is 0.901. The molecule has 1 rings (SSSR count). The molecule has 0 radical (unpaired) electrons. The zero-order chi connectivity index (χ0) is 12.0. The number of nitrogens with zero attached hydrogens (tertiary/aromatic N) is 1. The normalized spacial score (nSPS) is 8.94. The fraction of sp³-hybridized carbons (Fsp3) is 0.100. The van der Waals surface area contributed by atoms with Crippen LogP contribution in [0.15, 0.2) is 18.3 Å². The lowest BCUT2D eigenvalue weighted by atomic mass is 10.3. The standard InChI is InChI=1S/C10H9N3O3/c1-2-5-11-10(16)13-7-3-4-8(9(14)15)12-6-7/h1,3-4,6H,5H2,(H,14,15)(H2,11,13,16). The Morgan fingerprint density at radius 3 is 2.75 bits per heavy atom. The summed E-state index contributed by atoms with van der Waals surface area (Å²) in [5.74, 6) is 1.12. The first kappa shape index (κ1) is 11.5. The molecule has 0 saturated carbocycles. The molecule has 3 N–H and O–H groups in total. The summed E-state index contributed by atoms with van der Waals surface area (Å²) in [4.78, 5) is 25.2. The Kier molecular flexibility index (Phi) is 3.86. The van der Waals surface area contributed by atoms with E-state index in [0.717, 1.165) is 0 Å². The van der Waals surface area contributed by atoms with Gasteiger partial charge in [0.15, 0.2) is 0 Å². The molecule has 16 heavy (non-hydrogen) atoms. The highest BCUT2D eigenvalue weighted by Crippen LogP contribution is 2.05. The summed E-state index contributed by atoms with van der Waals surface area (Å²) in [6, 6.07) is 2.26. The second kappa shape index (κ2) is 5.36. The smallest absolute Gasteiger partial charge is 0.354 e. The van der Waals surface area contributed by atoms with E-state index in [1.807, 2.05) is 0 Å². The zero-order valence-electron chi connectivity index (χ0n) is 8.23. The van der Waals surface area contributed by atoms with Crippen molar-refractivity contribution in [1.82, 2.24) is 10.3 Å². The van der Waals surface area contributed by atoms with Gasteiger partial charge in [0.2, 0.25) is 0 Å². The summed E-state index contributed by atoms with van der Waals surface area (Å²) in [5, 5.41) is 13.4. The Morgan fingerprint density at radius 1 is 1.50 bits per heavy atom. The lowest BCUT2D eigenvalue weighted by molar-refractivity contribution is 0.0690. The van der Waals surface area contributed by atoms with E-state index >= 15 is 0 Å². The van der Waals surface area contributed by atoms with Gasteiger partial charge in [0, 0.05) is 0 Å². The number of aromatic nitrogens is 1. The lowest BCUT2D eigenvalue weighted by Gasteiger charge is -2.04. The third-order valence-electron chi connectivity index (χ3n) is 1.59. The SMILES string of the molecule is C#CCNC(=O)Nc1ccc(C(=O)O)nc1. The van der Waals surface area contributed by atoms with Crippen LogP contribution in [-0.4, -0.2) is 28.6 Å². The number of aromatic carboxylic acids is 1. The van der Waals surface area contributed by atoms with Crippen molar-refractivity contribution < 1.29 is 14.7 Å². The molecular weight excluding hydrogens is 210 g/mol. The summed E-state index contributed by atoms with van der Waals surface area (Å²) < 4.78 is 0. The molecule has 2 amide bonds. The third-order valence-corrected chi connectivity index (χ3v) is 1.59. The first-order valence-corrected chi connectivity index (χ1v) is 4.31. The maximum absolute atomic E-state index is 11.1. The molecule has 0 aromatic carbocycles. The van der Waals surface area contributed by atoms with Crippen molar-refractivity contribution in [3.63, 3.8) is 0 Å². The quantitative estimate of drug-likeness (QED) is 0.647. The summed E-state index contributed by atoms with van der Waals surface area (Å²) in [6.45, 7) is 0.118. The predicted molar refractivity (Wildman–Crippen MR) is 57.1 cm³/mol. The van der Waals surface area contributed by atoms with Gasteiger partial charge in [-0.1, -0.05) is 5.92 Å². The van der Waals surface area contributed by atoms with E-state index in [1.165, 1.54) is 18.3 Å². The minimum absolute atomic E-state index is 0.0883. The van der Waals surface area contributed by atoms with Crippen LogP contribution in [0.25, 0.3) is 0 Å². The number of carbonyl (C=O) groups excluding carboxylic acids is 1. The molecule has 0 aliphatic heterocycles. The first-order valence-electron chi connectivity index (χ1n) is 4.31. The number of carbonyl (C=O) groups is 2. The summed E-state index contributed by atoms with van der Waals surface area (Å²) in [7, 11) is 0. The lowest BCUT2D eigenvalue weighted by Crippen LogP contribution is -2.28. The van der Waals surface area contributed by atoms with Crippen LogP contribution in [0.5, 0.6) is 0 Å². The molecule has 6 nitrogen and oxygen atoms in total. The van der Waals surface area contributed by atoms with E-state index in [4.69, 9.17) is 11.5 Å². The largest absolute Gasteiger partial charge is 0.477 e. The van der Waals surface area contributed by atoms with E-state index in [9.17, 15) is 9.59 Å². The van der Waals surface area contributed by atoms with Crippen molar-refractivity contribution in [3.05, 3.63) is 24.0 Å². The maximum atomic E-state index is 11.1. The van der Waals surface area contributed by atoms with Crippen molar-refractivity contribution in [2.24, 2.45) is 0 Å². The molecular formula is C10H9N3O3. The van der Waals surface area contributed by atoms with Crippen LogP contribution in [-0.2, 0) is 0 Å². The number of amides is 2. The van der Waals surface area contributed by atoms with Crippen molar-refractivity contribution >= 4 is 17.7 Å². The Hall–Kier alpha value is -2.55. The number of anilines is 1. The minimum Gasteiger partial charge on any atom is -0.477 e. The number of hydrogen-bond donors (Lipinski definition) is 3. The topological polar surface area (TPSA) is 91.3 Å². The number of carboxylic acids is 1. The number of terminal acetylenes is 1. The minimum atomic E-state index is -1.12. The zero-order valence-corrected chi connectivity index (χ0v) is 8.23. The summed E-state index contributed by atoms with van der Waals surface area (Å²) in [5.41, 5.74) is 0.300. The van der Waals surface area contributed by atoms with Crippen LogP contribution in [0.1, 0.15) is 10.5 Å². The number of nitrogens with one attached hydrogen (secondary N) is 2. The van der Waals surface area contributed by atoms with E-state index in [2.05, 4.69) is 21.5 Å². The summed E-state index contributed by atoms with van der Waals surface area (Å²) in [6.07, 6.45) is 6.20. The van der Waals surface area contributed by atoms with Gasteiger partial charge in [0.05, 0.1) is 18.4 Å². The van der Waals surface area contributed by atoms with Gasteiger partial charge < -0.3 is 15.7 Å². The van der Waals surface area contributed by atoms with Crippen LogP contribution >= 0.6 is 0 Å². The maximum Gasteiger partial charge on any atom is 0.354 e. The molecule has 1 aromatic heterocycles.